The van der Waals surface area contributed by atoms with Gasteiger partial charge in [-0.25, -0.2) is 0 Å². The van der Waals surface area contributed by atoms with E-state index in [4.69, 9.17) is 0 Å². The fourth-order valence-corrected chi connectivity index (χ4v) is 10.5. The van der Waals surface area contributed by atoms with Crippen LogP contribution in [0.3, 0.4) is 0 Å². The second-order valence-corrected chi connectivity index (χ2v) is 16.0. The molecule has 0 saturated heterocycles. The topological polar surface area (TPSA) is 4.93 Å². The number of fused-ring (bicyclic) bond motifs is 7. The summed E-state index contributed by atoms with van der Waals surface area (Å²) in [6.45, 7) is 0. The molecule has 0 aliphatic carbocycles. The van der Waals surface area contributed by atoms with Crippen LogP contribution in [0.15, 0.2) is 231 Å². The SMILES string of the molecule is C.[HH].c1ccc(C2(c3ccccc3)c3ccccc3-n3c4ccc(-c5ccc(C(c6cccc7ccccc67)c6cccc7ccccc67)cc5)cc4c4cccc2c43)cc1. The van der Waals surface area contributed by atoms with Crippen LogP contribution >= 0.6 is 0 Å². The van der Waals surface area contributed by atoms with Gasteiger partial charge in [-0.1, -0.05) is 220 Å². The second-order valence-electron chi connectivity index (χ2n) is 16.0. The molecule has 60 heavy (non-hydrogen) atoms. The Kier molecular flexibility index (Phi) is 8.39. The maximum Gasteiger partial charge on any atom is 0.0742 e. The summed E-state index contributed by atoms with van der Waals surface area (Å²) < 4.78 is 2.52. The van der Waals surface area contributed by atoms with Crippen LogP contribution in [0.5, 0.6) is 0 Å². The zero-order chi connectivity index (χ0) is 38.9. The molecule has 0 radical (unpaired) electrons. The molecule has 2 heterocycles. The second kappa shape index (κ2) is 14.1. The van der Waals surface area contributed by atoms with E-state index in [2.05, 4.69) is 235 Å². The quantitative estimate of drug-likeness (QED) is 0.149. The molecule has 1 aliphatic heterocycles. The maximum atomic E-state index is 2.52. The number of benzene rings is 10. The van der Waals surface area contributed by atoms with E-state index in [-0.39, 0.29) is 14.8 Å². The summed E-state index contributed by atoms with van der Waals surface area (Å²) in [7, 11) is 0. The van der Waals surface area contributed by atoms with Crippen molar-refractivity contribution < 1.29 is 1.43 Å². The van der Waals surface area contributed by atoms with E-state index in [1.807, 2.05) is 0 Å². The lowest BCUT2D eigenvalue weighted by molar-refractivity contribution is 0.728. The van der Waals surface area contributed by atoms with Gasteiger partial charge in [-0.3, -0.25) is 0 Å². The first-order chi connectivity index (χ1) is 29.3. The standard InChI is InChI=1S/C58H39N.CH4.H2/c1-3-20-44(21-4-1)58(45-22-5-2-6-23-45)52-29-11-12-31-55(52)59-54-37-36-43(38-51(54)50-28-15-30-53(58)57(50)59)39-32-34-42(35-33-39)56(48-26-13-18-40-16-7-9-24-46(40)48)49-27-14-19-41-17-8-10-25-47(41)49;;/h1-38,56H;1H4;1H. The van der Waals surface area contributed by atoms with E-state index in [1.165, 1.54) is 99.1 Å². The van der Waals surface area contributed by atoms with Crippen LogP contribution < -0.4 is 0 Å². The Morgan fingerprint density at radius 2 is 0.883 bits per heavy atom. The van der Waals surface area contributed by atoms with E-state index >= 15 is 0 Å². The molecule has 286 valence electrons. The molecule has 0 spiro atoms. The van der Waals surface area contributed by atoms with Crippen LogP contribution in [-0.4, -0.2) is 4.57 Å². The molecule has 1 heteroatoms. The van der Waals surface area contributed by atoms with Crippen molar-refractivity contribution in [3.8, 4) is 16.8 Å². The smallest absolute Gasteiger partial charge is 0.0742 e. The largest absolute Gasteiger partial charge is 0.309 e. The predicted molar refractivity (Wildman–Crippen MR) is 256 cm³/mol. The summed E-state index contributed by atoms with van der Waals surface area (Å²) in [5.74, 6) is 0.0660. The number of hydrogen-bond acceptors (Lipinski definition) is 0. The molecule has 1 nitrogen and oxygen atoms in total. The first-order valence-corrected chi connectivity index (χ1v) is 20.6. The minimum absolute atomic E-state index is 0. The van der Waals surface area contributed by atoms with Crippen molar-refractivity contribution in [1.29, 1.82) is 0 Å². The third kappa shape index (κ3) is 5.19. The Morgan fingerprint density at radius 1 is 0.383 bits per heavy atom. The fourth-order valence-electron chi connectivity index (χ4n) is 10.5. The summed E-state index contributed by atoms with van der Waals surface area (Å²) in [5.41, 5.74) is 14.7. The Morgan fingerprint density at radius 3 is 1.53 bits per heavy atom. The maximum absolute atomic E-state index is 2.52. The minimum atomic E-state index is -0.480. The van der Waals surface area contributed by atoms with Gasteiger partial charge in [0.05, 0.1) is 22.1 Å². The van der Waals surface area contributed by atoms with Crippen LogP contribution in [0.1, 0.15) is 53.7 Å². The molecule has 0 N–H and O–H groups in total. The highest BCUT2D eigenvalue weighted by molar-refractivity contribution is 6.13. The highest BCUT2D eigenvalue weighted by atomic mass is 15.0. The van der Waals surface area contributed by atoms with Crippen LogP contribution in [0, 0.1) is 0 Å². The Labute approximate surface area is 352 Å². The van der Waals surface area contributed by atoms with Crippen LogP contribution in [0.2, 0.25) is 0 Å². The van der Waals surface area contributed by atoms with Crippen molar-refractivity contribution in [2.24, 2.45) is 0 Å². The predicted octanol–water partition coefficient (Wildman–Crippen LogP) is 15.5. The van der Waals surface area contributed by atoms with Gasteiger partial charge in [-0.05, 0) is 89.8 Å². The molecule has 0 amide bonds. The van der Waals surface area contributed by atoms with Gasteiger partial charge >= 0.3 is 0 Å². The molecule has 11 aromatic rings. The number of aromatic nitrogens is 1. The van der Waals surface area contributed by atoms with Crippen molar-refractivity contribution in [2.45, 2.75) is 18.8 Å². The number of hydrogen-bond donors (Lipinski definition) is 0. The molecular formula is C59H45N. The van der Waals surface area contributed by atoms with Gasteiger partial charge in [0.15, 0.2) is 0 Å². The molecule has 0 saturated carbocycles. The van der Waals surface area contributed by atoms with E-state index in [9.17, 15) is 0 Å². The summed E-state index contributed by atoms with van der Waals surface area (Å²) in [5, 5.41) is 7.65. The van der Waals surface area contributed by atoms with Crippen molar-refractivity contribution in [3.63, 3.8) is 0 Å². The molecule has 0 atom stereocenters. The third-order valence-electron chi connectivity index (χ3n) is 13.0. The van der Waals surface area contributed by atoms with Crippen LogP contribution in [-0.2, 0) is 5.41 Å². The van der Waals surface area contributed by atoms with Gasteiger partial charge in [0.1, 0.15) is 0 Å². The molecule has 12 rings (SSSR count). The lowest BCUT2D eigenvalue weighted by Gasteiger charge is -2.41. The van der Waals surface area contributed by atoms with E-state index in [0.717, 1.165) is 0 Å². The highest BCUT2D eigenvalue weighted by Gasteiger charge is 2.45. The number of para-hydroxylation sites is 2. The van der Waals surface area contributed by atoms with Gasteiger partial charge in [0, 0.05) is 18.1 Å². The molecule has 0 fully saturated rings. The highest BCUT2D eigenvalue weighted by Crippen LogP contribution is 2.54. The summed E-state index contributed by atoms with van der Waals surface area (Å²) in [6.07, 6.45) is 0. The van der Waals surface area contributed by atoms with Gasteiger partial charge < -0.3 is 4.57 Å². The lowest BCUT2D eigenvalue weighted by atomic mass is 9.63. The van der Waals surface area contributed by atoms with Crippen molar-refractivity contribution >= 4 is 43.4 Å². The lowest BCUT2D eigenvalue weighted by Crippen LogP contribution is -2.35. The normalized spacial score (nSPS) is 12.8. The number of nitrogens with zero attached hydrogens (tertiary/aromatic N) is 1. The summed E-state index contributed by atoms with van der Waals surface area (Å²) >= 11 is 0. The van der Waals surface area contributed by atoms with Crippen molar-refractivity contribution in [1.82, 2.24) is 4.57 Å². The Balaban J connectivity index is 0.00000223. The van der Waals surface area contributed by atoms with E-state index < -0.39 is 5.41 Å². The average molecular weight is 768 g/mol. The van der Waals surface area contributed by atoms with Crippen LogP contribution in [0.4, 0.5) is 0 Å². The van der Waals surface area contributed by atoms with E-state index in [0.29, 0.717) is 0 Å². The number of rotatable bonds is 6. The first kappa shape index (κ1) is 35.7. The first-order valence-electron chi connectivity index (χ1n) is 20.6. The average Bonchev–Trinajstić information content (AvgIpc) is 3.65. The van der Waals surface area contributed by atoms with Crippen LogP contribution in [0.25, 0.3) is 60.2 Å². The third-order valence-corrected chi connectivity index (χ3v) is 13.0. The van der Waals surface area contributed by atoms with Gasteiger partial charge in [-0.15, -0.1) is 0 Å². The fraction of sp³-hybridized carbons (Fsp3) is 0.0508. The monoisotopic (exact) mass is 767 g/mol. The molecule has 1 aromatic heterocycles. The van der Waals surface area contributed by atoms with E-state index in [1.54, 1.807) is 0 Å². The molecule has 1 aliphatic rings. The van der Waals surface area contributed by atoms with Gasteiger partial charge in [-0.2, -0.15) is 0 Å². The molecule has 10 aromatic carbocycles. The molecular weight excluding hydrogens is 723 g/mol. The summed E-state index contributed by atoms with van der Waals surface area (Å²) in [4.78, 5) is 0. The summed E-state index contributed by atoms with van der Waals surface area (Å²) in [6, 6.07) is 85.6. The Bertz CT molecular complexity index is 3250. The van der Waals surface area contributed by atoms with Crippen molar-refractivity contribution in [3.05, 3.63) is 269 Å². The molecule has 0 bridgehead atoms. The zero-order valence-corrected chi connectivity index (χ0v) is 32.5. The van der Waals surface area contributed by atoms with Crippen molar-refractivity contribution in [2.75, 3.05) is 0 Å². The zero-order valence-electron chi connectivity index (χ0n) is 32.5. The molecule has 0 unspecified atom stereocenters. The van der Waals surface area contributed by atoms with Gasteiger partial charge in [0.2, 0.25) is 0 Å². The Hall–Kier alpha value is -7.48. The minimum Gasteiger partial charge on any atom is -0.309 e. The van der Waals surface area contributed by atoms with Gasteiger partial charge in [0.25, 0.3) is 0 Å².